The fourth-order valence-electron chi connectivity index (χ4n) is 2.99. The largest absolute Gasteiger partial charge is 0.465 e. The highest BCUT2D eigenvalue weighted by molar-refractivity contribution is 9.10. The predicted molar refractivity (Wildman–Crippen MR) is 93.5 cm³/mol. The van der Waals surface area contributed by atoms with Gasteiger partial charge in [-0.2, -0.15) is 0 Å². The number of carbonyl (C=O) groups excluding carboxylic acids is 1. The first-order chi connectivity index (χ1) is 11.1. The van der Waals surface area contributed by atoms with E-state index in [0.29, 0.717) is 12.1 Å². The van der Waals surface area contributed by atoms with E-state index in [4.69, 9.17) is 4.42 Å². The maximum atomic E-state index is 12.3. The second-order valence-electron chi connectivity index (χ2n) is 5.92. The van der Waals surface area contributed by atoms with Gasteiger partial charge in [0.15, 0.2) is 0 Å². The Bertz CT molecular complexity index is 660. The van der Waals surface area contributed by atoms with Crippen LogP contribution >= 0.6 is 15.9 Å². The van der Waals surface area contributed by atoms with Crippen LogP contribution < -0.4 is 5.32 Å². The zero-order valence-corrected chi connectivity index (χ0v) is 14.8. The van der Waals surface area contributed by atoms with E-state index in [1.807, 2.05) is 43.3 Å². The molecule has 1 aliphatic heterocycles. The molecule has 0 bridgehead atoms. The van der Waals surface area contributed by atoms with Crippen LogP contribution in [-0.4, -0.2) is 30.4 Å². The summed E-state index contributed by atoms with van der Waals surface area (Å²) in [7, 11) is 0. The van der Waals surface area contributed by atoms with Crippen molar-refractivity contribution in [2.24, 2.45) is 0 Å². The highest BCUT2D eigenvalue weighted by Crippen LogP contribution is 2.26. The van der Waals surface area contributed by atoms with Crippen molar-refractivity contribution in [1.29, 1.82) is 0 Å². The number of furan rings is 1. The van der Waals surface area contributed by atoms with Crippen LogP contribution in [0.25, 0.3) is 0 Å². The minimum absolute atomic E-state index is 0.0509. The maximum absolute atomic E-state index is 12.3. The Kier molecular flexibility index (Phi) is 5.18. The molecule has 1 fully saturated rings. The monoisotopic (exact) mass is 376 g/mol. The fourth-order valence-corrected chi connectivity index (χ4v) is 3.25. The number of rotatable bonds is 5. The summed E-state index contributed by atoms with van der Waals surface area (Å²) in [6.45, 7) is 4.62. The van der Waals surface area contributed by atoms with E-state index in [2.05, 4.69) is 26.1 Å². The lowest BCUT2D eigenvalue weighted by Crippen LogP contribution is -2.36. The number of halogens is 1. The van der Waals surface area contributed by atoms with Crippen LogP contribution in [0.5, 0.6) is 0 Å². The number of amides is 1. The Balaban J connectivity index is 1.68. The second kappa shape index (κ2) is 7.32. The molecule has 0 radical (unpaired) electrons. The number of nitrogens with one attached hydrogen (secondary N) is 1. The first-order valence-corrected chi connectivity index (χ1v) is 8.77. The van der Waals surface area contributed by atoms with Crippen molar-refractivity contribution in [2.45, 2.75) is 25.8 Å². The van der Waals surface area contributed by atoms with E-state index >= 15 is 0 Å². The van der Waals surface area contributed by atoms with E-state index in [0.717, 1.165) is 29.1 Å². The van der Waals surface area contributed by atoms with Gasteiger partial charge in [0, 0.05) is 16.6 Å². The number of hydrogen-bond donors (Lipinski definition) is 1. The van der Waals surface area contributed by atoms with Crippen LogP contribution in [0.3, 0.4) is 0 Å². The Morgan fingerprint density at radius 2 is 1.91 bits per heavy atom. The van der Waals surface area contributed by atoms with Gasteiger partial charge in [0.1, 0.15) is 11.5 Å². The number of carbonyl (C=O) groups is 1. The Morgan fingerprint density at radius 1 is 1.22 bits per heavy atom. The quantitative estimate of drug-likeness (QED) is 0.859. The van der Waals surface area contributed by atoms with Crippen molar-refractivity contribution in [3.63, 3.8) is 0 Å². The Hall–Kier alpha value is -1.59. The minimum atomic E-state index is -0.0509. The lowest BCUT2D eigenvalue weighted by Gasteiger charge is -2.26. The first-order valence-electron chi connectivity index (χ1n) is 7.97. The molecule has 3 rings (SSSR count). The first kappa shape index (κ1) is 16.3. The van der Waals surface area contributed by atoms with Crippen molar-refractivity contribution in [1.82, 2.24) is 10.2 Å². The van der Waals surface area contributed by atoms with Gasteiger partial charge >= 0.3 is 0 Å². The van der Waals surface area contributed by atoms with E-state index in [1.54, 1.807) is 0 Å². The summed E-state index contributed by atoms with van der Waals surface area (Å²) < 4.78 is 6.78. The molecule has 0 aliphatic carbocycles. The highest BCUT2D eigenvalue weighted by atomic mass is 79.9. The molecule has 122 valence electrons. The number of hydrogen-bond acceptors (Lipinski definition) is 3. The molecular weight excluding hydrogens is 356 g/mol. The summed E-state index contributed by atoms with van der Waals surface area (Å²) in [4.78, 5) is 14.7. The molecule has 23 heavy (non-hydrogen) atoms. The van der Waals surface area contributed by atoms with Crippen molar-refractivity contribution in [3.8, 4) is 0 Å². The predicted octanol–water partition coefficient (Wildman–Crippen LogP) is 3.92. The number of likely N-dealkylation sites (tertiary alicyclic amines) is 1. The molecule has 0 unspecified atom stereocenters. The zero-order valence-electron chi connectivity index (χ0n) is 13.2. The van der Waals surface area contributed by atoms with Crippen LogP contribution in [0.1, 0.15) is 40.8 Å². The third-order valence-corrected chi connectivity index (χ3v) is 4.76. The zero-order chi connectivity index (χ0) is 16.2. The average Bonchev–Trinajstić information content (AvgIpc) is 3.20. The van der Waals surface area contributed by atoms with Gasteiger partial charge in [0.2, 0.25) is 0 Å². The van der Waals surface area contributed by atoms with Gasteiger partial charge in [-0.1, -0.05) is 15.9 Å². The molecule has 0 saturated carbocycles. The molecule has 2 aromatic rings. The van der Waals surface area contributed by atoms with E-state index in [-0.39, 0.29) is 11.9 Å². The van der Waals surface area contributed by atoms with Gasteiger partial charge in [-0.15, -0.1) is 0 Å². The normalized spacial score (nSPS) is 16.4. The van der Waals surface area contributed by atoms with Crippen molar-refractivity contribution in [2.75, 3.05) is 19.6 Å². The molecule has 1 saturated heterocycles. The van der Waals surface area contributed by atoms with Gasteiger partial charge in [0.05, 0.1) is 6.04 Å². The number of benzene rings is 1. The molecule has 4 nitrogen and oxygen atoms in total. The van der Waals surface area contributed by atoms with Crippen LogP contribution in [0, 0.1) is 6.92 Å². The molecule has 1 N–H and O–H groups in total. The van der Waals surface area contributed by atoms with E-state index in [1.165, 1.54) is 12.8 Å². The molecular formula is C18H21BrN2O2. The van der Waals surface area contributed by atoms with Gasteiger partial charge in [-0.25, -0.2) is 0 Å². The van der Waals surface area contributed by atoms with Crippen LogP contribution in [0.2, 0.25) is 0 Å². The summed E-state index contributed by atoms with van der Waals surface area (Å²) in [5.74, 6) is 1.79. The molecule has 1 aromatic heterocycles. The lowest BCUT2D eigenvalue weighted by molar-refractivity contribution is 0.0933. The van der Waals surface area contributed by atoms with E-state index in [9.17, 15) is 4.79 Å². The molecule has 0 spiro atoms. The number of aryl methyl sites for hydroxylation is 1. The fraction of sp³-hybridized carbons (Fsp3) is 0.389. The van der Waals surface area contributed by atoms with Crippen molar-refractivity contribution < 1.29 is 9.21 Å². The third kappa shape index (κ3) is 4.03. The molecule has 5 heteroatoms. The molecule has 1 atom stereocenters. The Morgan fingerprint density at radius 3 is 2.52 bits per heavy atom. The second-order valence-corrected chi connectivity index (χ2v) is 6.84. The van der Waals surface area contributed by atoms with Crippen molar-refractivity contribution >= 4 is 21.8 Å². The van der Waals surface area contributed by atoms with E-state index < -0.39 is 0 Å². The molecule has 1 aromatic carbocycles. The third-order valence-electron chi connectivity index (χ3n) is 4.23. The standard InChI is InChI=1S/C18H21BrN2O2/c1-13-4-9-17(23-13)16(21-10-2-3-11-21)12-20-18(22)14-5-7-15(19)8-6-14/h4-9,16H,2-3,10-12H2,1H3,(H,20,22)/t16-/m0/s1. The SMILES string of the molecule is Cc1ccc([C@H](CNC(=O)c2ccc(Br)cc2)N2CCCC2)o1. The minimum Gasteiger partial charge on any atom is -0.465 e. The summed E-state index contributed by atoms with van der Waals surface area (Å²) >= 11 is 3.38. The average molecular weight is 377 g/mol. The van der Waals surface area contributed by atoms with Crippen LogP contribution in [0.15, 0.2) is 45.3 Å². The van der Waals surface area contributed by atoms with Crippen LogP contribution in [-0.2, 0) is 0 Å². The van der Waals surface area contributed by atoms with Gasteiger partial charge < -0.3 is 9.73 Å². The summed E-state index contributed by atoms with van der Waals surface area (Å²) in [5.41, 5.74) is 0.670. The molecule has 1 aliphatic rings. The summed E-state index contributed by atoms with van der Waals surface area (Å²) in [6.07, 6.45) is 2.41. The highest BCUT2D eigenvalue weighted by Gasteiger charge is 2.26. The summed E-state index contributed by atoms with van der Waals surface area (Å²) in [5, 5.41) is 3.05. The smallest absolute Gasteiger partial charge is 0.251 e. The number of nitrogens with zero attached hydrogens (tertiary/aromatic N) is 1. The Labute approximate surface area is 145 Å². The van der Waals surface area contributed by atoms with Gasteiger partial charge in [-0.05, 0) is 69.3 Å². The topological polar surface area (TPSA) is 45.5 Å². The van der Waals surface area contributed by atoms with Gasteiger partial charge in [-0.3, -0.25) is 9.69 Å². The molecule has 2 heterocycles. The summed E-state index contributed by atoms with van der Waals surface area (Å²) in [6, 6.07) is 11.5. The van der Waals surface area contributed by atoms with Gasteiger partial charge in [0.25, 0.3) is 5.91 Å². The van der Waals surface area contributed by atoms with Crippen LogP contribution in [0.4, 0.5) is 0 Å². The van der Waals surface area contributed by atoms with Crippen molar-refractivity contribution in [3.05, 3.63) is 58.0 Å². The lowest BCUT2D eigenvalue weighted by atomic mass is 10.1. The molecule has 1 amide bonds. The maximum Gasteiger partial charge on any atom is 0.251 e.